The molecule has 3 heterocycles. The lowest BCUT2D eigenvalue weighted by Gasteiger charge is -2.09. The zero-order chi connectivity index (χ0) is 15.6. The average molecular weight is 313 g/mol. The van der Waals surface area contributed by atoms with Gasteiger partial charge in [-0.2, -0.15) is 0 Å². The van der Waals surface area contributed by atoms with Crippen LogP contribution in [0.5, 0.6) is 0 Å². The third-order valence-electron chi connectivity index (χ3n) is 3.07. The molecule has 3 aromatic heterocycles. The van der Waals surface area contributed by atoms with Crippen molar-refractivity contribution in [2.45, 2.75) is 0 Å². The van der Waals surface area contributed by atoms with Crippen LogP contribution >= 0.6 is 7.60 Å². The molecule has 110 valence electrons. The zero-order valence-corrected chi connectivity index (χ0v) is 12.3. The predicted octanol–water partition coefficient (Wildman–Crippen LogP) is 2.01. The van der Waals surface area contributed by atoms with Gasteiger partial charge >= 0.3 is 7.60 Å². The molecule has 0 saturated heterocycles. The van der Waals surface area contributed by atoms with Crippen LogP contribution in [0.15, 0.2) is 61.1 Å². The van der Waals surface area contributed by atoms with E-state index in [1.807, 2.05) is 24.3 Å². The molecule has 0 saturated carbocycles. The summed E-state index contributed by atoms with van der Waals surface area (Å²) in [6, 6.07) is 11.8. The Hall–Kier alpha value is -2.40. The van der Waals surface area contributed by atoms with Crippen molar-refractivity contribution in [3.8, 4) is 22.6 Å². The van der Waals surface area contributed by atoms with Gasteiger partial charge in [-0.15, -0.1) is 0 Å². The first kappa shape index (κ1) is 14.5. The molecule has 0 amide bonds. The molecular formula is C15H12N3O3P. The standard InChI is InChI=1S/C15H12N3O3P/c19-22(20,21)11-6-9-17-14(10-11)15-12(4-3-8-18-15)13-5-1-2-7-16-13/h1-10H,(H2,19,20,21). The molecule has 7 heteroatoms. The van der Waals surface area contributed by atoms with Gasteiger partial charge < -0.3 is 9.79 Å². The molecule has 6 nitrogen and oxygen atoms in total. The summed E-state index contributed by atoms with van der Waals surface area (Å²) in [5, 5.41) is -0.0878. The lowest BCUT2D eigenvalue weighted by molar-refractivity contribution is 0.387. The van der Waals surface area contributed by atoms with Gasteiger partial charge in [0.15, 0.2) is 0 Å². The van der Waals surface area contributed by atoms with Gasteiger partial charge in [0.1, 0.15) is 0 Å². The van der Waals surface area contributed by atoms with Gasteiger partial charge in [-0.05, 0) is 36.4 Å². The third-order valence-corrected chi connectivity index (χ3v) is 4.02. The quantitative estimate of drug-likeness (QED) is 0.718. The van der Waals surface area contributed by atoms with Crippen molar-refractivity contribution in [1.29, 1.82) is 0 Å². The predicted molar refractivity (Wildman–Crippen MR) is 82.4 cm³/mol. The van der Waals surface area contributed by atoms with E-state index in [1.165, 1.54) is 18.3 Å². The fourth-order valence-corrected chi connectivity index (χ4v) is 2.62. The van der Waals surface area contributed by atoms with Crippen LogP contribution in [0.2, 0.25) is 0 Å². The average Bonchev–Trinajstić information content (AvgIpc) is 2.55. The van der Waals surface area contributed by atoms with E-state index in [9.17, 15) is 14.4 Å². The van der Waals surface area contributed by atoms with Crippen LogP contribution in [0.25, 0.3) is 22.6 Å². The second-order valence-electron chi connectivity index (χ2n) is 4.56. The minimum absolute atomic E-state index is 0.0878. The third kappa shape index (κ3) is 2.94. The summed E-state index contributed by atoms with van der Waals surface area (Å²) in [4.78, 5) is 31.3. The molecular weight excluding hydrogens is 301 g/mol. The van der Waals surface area contributed by atoms with Crippen molar-refractivity contribution in [3.63, 3.8) is 0 Å². The lowest BCUT2D eigenvalue weighted by Crippen LogP contribution is -2.05. The molecule has 3 rings (SSSR count). The Morgan fingerprint density at radius 1 is 0.818 bits per heavy atom. The second kappa shape index (κ2) is 5.77. The van der Waals surface area contributed by atoms with Crippen LogP contribution in [0.4, 0.5) is 0 Å². The van der Waals surface area contributed by atoms with Crippen molar-refractivity contribution >= 4 is 12.9 Å². The molecule has 0 bridgehead atoms. The smallest absolute Gasteiger partial charge is 0.321 e. The van der Waals surface area contributed by atoms with Gasteiger partial charge in [0.2, 0.25) is 0 Å². The van der Waals surface area contributed by atoms with Crippen LogP contribution in [-0.4, -0.2) is 24.7 Å². The molecule has 3 aromatic rings. The Morgan fingerprint density at radius 3 is 2.32 bits per heavy atom. The number of pyridine rings is 3. The Bertz CT molecular complexity index is 849. The minimum Gasteiger partial charge on any atom is -0.321 e. The molecule has 0 aliphatic heterocycles. The Labute approximate surface area is 126 Å². The number of hydrogen-bond acceptors (Lipinski definition) is 4. The molecule has 0 aromatic carbocycles. The fourth-order valence-electron chi connectivity index (χ4n) is 2.07. The van der Waals surface area contributed by atoms with E-state index in [2.05, 4.69) is 15.0 Å². The molecule has 2 N–H and O–H groups in total. The normalized spacial score (nSPS) is 11.4. The van der Waals surface area contributed by atoms with Crippen LogP contribution < -0.4 is 5.30 Å². The maximum atomic E-state index is 11.4. The van der Waals surface area contributed by atoms with Crippen LogP contribution in [0, 0.1) is 0 Å². The Kier molecular flexibility index (Phi) is 3.81. The van der Waals surface area contributed by atoms with Gasteiger partial charge in [-0.3, -0.25) is 19.5 Å². The van der Waals surface area contributed by atoms with Gasteiger partial charge in [0, 0.05) is 24.2 Å². The first-order valence-electron chi connectivity index (χ1n) is 6.44. The summed E-state index contributed by atoms with van der Waals surface area (Å²) in [5.41, 5.74) is 2.38. The maximum absolute atomic E-state index is 11.4. The zero-order valence-electron chi connectivity index (χ0n) is 11.4. The second-order valence-corrected chi connectivity index (χ2v) is 6.16. The monoisotopic (exact) mass is 313 g/mol. The Morgan fingerprint density at radius 2 is 1.59 bits per heavy atom. The van der Waals surface area contributed by atoms with E-state index in [-0.39, 0.29) is 5.30 Å². The van der Waals surface area contributed by atoms with Crippen LogP contribution in [0.3, 0.4) is 0 Å². The summed E-state index contributed by atoms with van der Waals surface area (Å²) in [6.07, 6.45) is 4.64. The van der Waals surface area contributed by atoms with Crippen molar-refractivity contribution in [3.05, 3.63) is 61.1 Å². The molecule has 0 fully saturated rings. The first-order chi connectivity index (χ1) is 10.6. The molecule has 22 heavy (non-hydrogen) atoms. The van der Waals surface area contributed by atoms with E-state index in [1.54, 1.807) is 18.5 Å². The number of rotatable bonds is 3. The highest BCUT2D eigenvalue weighted by molar-refractivity contribution is 7.60. The Balaban J connectivity index is 2.16. The lowest BCUT2D eigenvalue weighted by atomic mass is 10.1. The van der Waals surface area contributed by atoms with Crippen molar-refractivity contribution in [2.24, 2.45) is 0 Å². The summed E-state index contributed by atoms with van der Waals surface area (Å²) in [6.45, 7) is 0. The van der Waals surface area contributed by atoms with Crippen molar-refractivity contribution < 1.29 is 14.4 Å². The topological polar surface area (TPSA) is 96.2 Å². The van der Waals surface area contributed by atoms with Gasteiger partial charge in [-0.1, -0.05) is 6.07 Å². The summed E-state index contributed by atoms with van der Waals surface area (Å²) in [7, 11) is -4.34. The number of hydrogen-bond donors (Lipinski definition) is 2. The van der Waals surface area contributed by atoms with E-state index in [0.29, 0.717) is 17.1 Å². The minimum atomic E-state index is -4.34. The molecule has 0 atom stereocenters. The summed E-state index contributed by atoms with van der Waals surface area (Å²) in [5.74, 6) is 0. The fraction of sp³-hybridized carbons (Fsp3) is 0. The van der Waals surface area contributed by atoms with Crippen molar-refractivity contribution in [1.82, 2.24) is 15.0 Å². The highest BCUT2D eigenvalue weighted by Crippen LogP contribution is 2.34. The van der Waals surface area contributed by atoms with Crippen LogP contribution in [-0.2, 0) is 4.57 Å². The molecule has 0 spiro atoms. The van der Waals surface area contributed by atoms with E-state index in [0.717, 1.165) is 5.56 Å². The largest absolute Gasteiger partial charge is 0.356 e. The highest BCUT2D eigenvalue weighted by atomic mass is 31.2. The highest BCUT2D eigenvalue weighted by Gasteiger charge is 2.19. The van der Waals surface area contributed by atoms with E-state index in [4.69, 9.17) is 0 Å². The molecule has 0 unspecified atom stereocenters. The van der Waals surface area contributed by atoms with E-state index < -0.39 is 7.60 Å². The number of nitrogens with zero attached hydrogens (tertiary/aromatic N) is 3. The summed E-state index contributed by atoms with van der Waals surface area (Å²) < 4.78 is 11.4. The first-order valence-corrected chi connectivity index (χ1v) is 8.06. The molecule has 0 radical (unpaired) electrons. The number of aromatic nitrogens is 3. The van der Waals surface area contributed by atoms with E-state index >= 15 is 0 Å². The SMILES string of the molecule is O=P(O)(O)c1ccnc(-c2ncccc2-c2ccccn2)c1. The summed E-state index contributed by atoms with van der Waals surface area (Å²) >= 11 is 0. The van der Waals surface area contributed by atoms with Crippen molar-refractivity contribution in [2.75, 3.05) is 0 Å². The van der Waals surface area contributed by atoms with Gasteiger partial charge in [0.25, 0.3) is 0 Å². The molecule has 0 aliphatic carbocycles. The van der Waals surface area contributed by atoms with Crippen LogP contribution in [0.1, 0.15) is 0 Å². The molecule has 0 aliphatic rings. The van der Waals surface area contributed by atoms with Gasteiger partial charge in [-0.25, -0.2) is 0 Å². The van der Waals surface area contributed by atoms with Gasteiger partial charge in [0.05, 0.1) is 22.4 Å². The maximum Gasteiger partial charge on any atom is 0.356 e.